The molecule has 1 heterocycles. The Morgan fingerprint density at radius 1 is 1.60 bits per heavy atom. The average molecular weight is 300 g/mol. The van der Waals surface area contributed by atoms with Crippen molar-refractivity contribution in [1.29, 1.82) is 0 Å². The van der Waals surface area contributed by atoms with E-state index in [0.717, 1.165) is 0 Å². The number of nitro groups is 1. The van der Waals surface area contributed by atoms with Crippen LogP contribution in [0.5, 0.6) is 0 Å². The molecule has 1 aromatic carbocycles. The van der Waals surface area contributed by atoms with Crippen LogP contribution in [0.4, 0.5) is 11.4 Å². The van der Waals surface area contributed by atoms with Crippen LogP contribution in [0.25, 0.3) is 0 Å². The van der Waals surface area contributed by atoms with Crippen LogP contribution in [0, 0.1) is 10.1 Å². The van der Waals surface area contributed by atoms with Gasteiger partial charge in [-0.25, -0.2) is 0 Å². The number of halogens is 1. The molecular weight excluding hydrogens is 286 g/mol. The van der Waals surface area contributed by atoms with Crippen LogP contribution in [0.1, 0.15) is 0 Å². The Morgan fingerprint density at radius 3 is 3.00 bits per heavy atom. The molecule has 1 unspecified atom stereocenters. The quantitative estimate of drug-likeness (QED) is 0.669. The van der Waals surface area contributed by atoms with Crippen molar-refractivity contribution < 1.29 is 14.5 Å². The van der Waals surface area contributed by atoms with Crippen LogP contribution in [-0.2, 0) is 9.53 Å². The zero-order chi connectivity index (χ0) is 14.7. The number of hydrogen-bond donors (Lipinski definition) is 1. The number of amides is 1. The first-order chi connectivity index (χ1) is 9.56. The summed E-state index contributed by atoms with van der Waals surface area (Å²) in [6, 6.07) is 4.07. The third kappa shape index (κ3) is 2.68. The summed E-state index contributed by atoms with van der Waals surface area (Å²) < 4.78 is 5.28. The molecule has 1 aromatic rings. The lowest BCUT2D eigenvalue weighted by atomic mass is 10.1. The highest BCUT2D eigenvalue weighted by Gasteiger charge is 2.33. The molecule has 1 aliphatic rings. The molecule has 0 bridgehead atoms. The largest absolute Gasteiger partial charge is 0.377 e. The number of carbonyl (C=O) groups excluding carboxylic acids is 1. The maximum atomic E-state index is 11.9. The number of likely N-dealkylation sites (N-methyl/N-ethyl adjacent to an activating group) is 1. The molecule has 8 heteroatoms. The molecule has 1 amide bonds. The number of rotatable bonds is 3. The summed E-state index contributed by atoms with van der Waals surface area (Å²) in [7, 11) is 1.52. The van der Waals surface area contributed by atoms with Crippen molar-refractivity contribution in [3.8, 4) is 0 Å². The molecule has 20 heavy (non-hydrogen) atoms. The zero-order valence-corrected chi connectivity index (χ0v) is 11.6. The number of para-hydroxylation sites is 1. The number of benzene rings is 1. The Morgan fingerprint density at radius 2 is 2.35 bits per heavy atom. The first-order valence-electron chi connectivity index (χ1n) is 6.05. The van der Waals surface area contributed by atoms with Gasteiger partial charge in [0.25, 0.3) is 0 Å². The second-order valence-corrected chi connectivity index (χ2v) is 4.67. The fourth-order valence-corrected chi connectivity index (χ4v) is 2.43. The molecule has 108 valence electrons. The van der Waals surface area contributed by atoms with Gasteiger partial charge in [0.15, 0.2) is 0 Å². The van der Waals surface area contributed by atoms with Gasteiger partial charge in [-0.15, -0.1) is 0 Å². The SMILES string of the molecule is CNC(=O)C1COCCN1c1cccc(Cl)c1[N+](=O)[O-]. The van der Waals surface area contributed by atoms with Crippen LogP contribution < -0.4 is 10.2 Å². The minimum atomic E-state index is -0.606. The predicted octanol–water partition coefficient (Wildman–Crippen LogP) is 1.20. The summed E-state index contributed by atoms with van der Waals surface area (Å²) in [6.07, 6.45) is 0. The number of hydrogen-bond acceptors (Lipinski definition) is 5. The lowest BCUT2D eigenvalue weighted by Gasteiger charge is -2.35. The summed E-state index contributed by atoms with van der Waals surface area (Å²) in [5.74, 6) is -0.251. The second-order valence-electron chi connectivity index (χ2n) is 4.26. The monoisotopic (exact) mass is 299 g/mol. The highest BCUT2D eigenvalue weighted by atomic mass is 35.5. The summed E-state index contributed by atoms with van der Waals surface area (Å²) >= 11 is 5.90. The van der Waals surface area contributed by atoms with E-state index < -0.39 is 11.0 Å². The van der Waals surface area contributed by atoms with Gasteiger partial charge in [-0.3, -0.25) is 14.9 Å². The van der Waals surface area contributed by atoms with Gasteiger partial charge in [0, 0.05) is 13.6 Å². The van der Waals surface area contributed by atoms with Crippen molar-refractivity contribution in [1.82, 2.24) is 5.32 Å². The maximum Gasteiger partial charge on any atom is 0.310 e. The van der Waals surface area contributed by atoms with Crippen LogP contribution in [-0.4, -0.2) is 43.7 Å². The topological polar surface area (TPSA) is 84.7 Å². The molecule has 1 N–H and O–H groups in total. The van der Waals surface area contributed by atoms with E-state index in [1.807, 2.05) is 0 Å². The number of morpholine rings is 1. The van der Waals surface area contributed by atoms with E-state index in [4.69, 9.17) is 16.3 Å². The van der Waals surface area contributed by atoms with Gasteiger partial charge in [0.05, 0.1) is 18.1 Å². The van der Waals surface area contributed by atoms with E-state index in [1.165, 1.54) is 13.1 Å². The van der Waals surface area contributed by atoms with E-state index in [2.05, 4.69) is 5.32 Å². The Hall–Kier alpha value is -1.86. The number of nitrogens with zero attached hydrogens (tertiary/aromatic N) is 2. The number of nitro benzene ring substituents is 1. The second kappa shape index (κ2) is 6.06. The number of ether oxygens (including phenoxy) is 1. The van der Waals surface area contributed by atoms with Crippen molar-refractivity contribution in [2.24, 2.45) is 0 Å². The smallest absolute Gasteiger partial charge is 0.310 e. The van der Waals surface area contributed by atoms with E-state index in [1.54, 1.807) is 17.0 Å². The van der Waals surface area contributed by atoms with Crippen molar-refractivity contribution >= 4 is 28.9 Å². The Labute approximate surface area is 120 Å². The van der Waals surface area contributed by atoms with Gasteiger partial charge in [-0.1, -0.05) is 17.7 Å². The van der Waals surface area contributed by atoms with Crippen molar-refractivity contribution in [2.45, 2.75) is 6.04 Å². The molecule has 0 saturated carbocycles. The Kier molecular flexibility index (Phi) is 4.41. The van der Waals surface area contributed by atoms with E-state index in [-0.39, 0.29) is 23.2 Å². The molecule has 0 aromatic heterocycles. The first kappa shape index (κ1) is 14.5. The Balaban J connectivity index is 2.45. The van der Waals surface area contributed by atoms with E-state index in [9.17, 15) is 14.9 Å². The lowest BCUT2D eigenvalue weighted by molar-refractivity contribution is -0.384. The minimum Gasteiger partial charge on any atom is -0.377 e. The van der Waals surface area contributed by atoms with Crippen LogP contribution in [0.2, 0.25) is 5.02 Å². The molecule has 1 saturated heterocycles. The van der Waals surface area contributed by atoms with Crippen LogP contribution in [0.15, 0.2) is 18.2 Å². The third-order valence-electron chi connectivity index (χ3n) is 3.14. The number of nitrogens with one attached hydrogen (secondary N) is 1. The lowest BCUT2D eigenvalue weighted by Crippen LogP contribution is -2.53. The highest BCUT2D eigenvalue weighted by molar-refractivity contribution is 6.33. The fourth-order valence-electron chi connectivity index (χ4n) is 2.19. The molecule has 1 aliphatic heterocycles. The van der Waals surface area contributed by atoms with Gasteiger partial charge in [0.2, 0.25) is 5.91 Å². The first-order valence-corrected chi connectivity index (χ1v) is 6.43. The zero-order valence-electron chi connectivity index (χ0n) is 10.8. The van der Waals surface area contributed by atoms with Crippen LogP contribution >= 0.6 is 11.6 Å². The maximum absolute atomic E-state index is 11.9. The molecule has 2 rings (SSSR count). The molecule has 1 fully saturated rings. The molecule has 0 radical (unpaired) electrons. The van der Waals surface area contributed by atoms with Gasteiger partial charge in [-0.05, 0) is 12.1 Å². The fraction of sp³-hybridized carbons (Fsp3) is 0.417. The standard InChI is InChI=1S/C12H14ClN3O4/c1-14-12(17)10-7-20-6-5-15(10)9-4-2-3-8(13)11(9)16(18)19/h2-4,10H,5-7H2,1H3,(H,14,17). The van der Waals surface area contributed by atoms with E-state index >= 15 is 0 Å². The summed E-state index contributed by atoms with van der Waals surface area (Å²) in [4.78, 5) is 24.2. The highest BCUT2D eigenvalue weighted by Crippen LogP contribution is 2.36. The number of carbonyl (C=O) groups is 1. The third-order valence-corrected chi connectivity index (χ3v) is 3.44. The molecule has 7 nitrogen and oxygen atoms in total. The number of anilines is 1. The predicted molar refractivity (Wildman–Crippen MR) is 74.1 cm³/mol. The van der Waals surface area contributed by atoms with Gasteiger partial charge in [-0.2, -0.15) is 0 Å². The van der Waals surface area contributed by atoms with E-state index in [0.29, 0.717) is 18.8 Å². The van der Waals surface area contributed by atoms with Crippen molar-refractivity contribution in [3.63, 3.8) is 0 Å². The summed E-state index contributed by atoms with van der Waals surface area (Å²) in [5.41, 5.74) is 0.143. The van der Waals surface area contributed by atoms with Gasteiger partial charge in [0.1, 0.15) is 16.8 Å². The Bertz CT molecular complexity index is 537. The van der Waals surface area contributed by atoms with Gasteiger partial charge < -0.3 is 15.0 Å². The average Bonchev–Trinajstić information content (AvgIpc) is 2.45. The molecule has 0 aliphatic carbocycles. The van der Waals surface area contributed by atoms with Crippen molar-refractivity contribution in [3.05, 3.63) is 33.3 Å². The van der Waals surface area contributed by atoms with Gasteiger partial charge >= 0.3 is 5.69 Å². The molecule has 0 spiro atoms. The molecular formula is C12H14ClN3O4. The van der Waals surface area contributed by atoms with Crippen LogP contribution in [0.3, 0.4) is 0 Å². The van der Waals surface area contributed by atoms with Crippen molar-refractivity contribution in [2.75, 3.05) is 31.7 Å². The summed E-state index contributed by atoms with van der Waals surface area (Å²) in [5, 5.41) is 13.8. The summed E-state index contributed by atoms with van der Waals surface area (Å²) in [6.45, 7) is 0.972. The molecule has 1 atom stereocenters. The minimum absolute atomic E-state index is 0.0506. The normalized spacial score (nSPS) is 18.7.